The highest BCUT2D eigenvalue weighted by Crippen LogP contribution is 2.11. The molecular formula is C17H21IN2. The highest BCUT2D eigenvalue weighted by atomic mass is 127. The average molecular weight is 380 g/mol. The molecule has 0 atom stereocenters. The molecule has 0 radical (unpaired) electrons. The molecule has 2 rings (SSSR count). The number of hydrogen-bond acceptors (Lipinski definition) is 1. The summed E-state index contributed by atoms with van der Waals surface area (Å²) < 4.78 is 2.21. The third-order valence-corrected chi connectivity index (χ3v) is 3.11. The third kappa shape index (κ3) is 5.33. The van der Waals surface area contributed by atoms with Gasteiger partial charge in [0.1, 0.15) is 0 Å². The summed E-state index contributed by atoms with van der Waals surface area (Å²) >= 11 is 0. The van der Waals surface area contributed by atoms with Crippen molar-refractivity contribution in [2.24, 2.45) is 0 Å². The fourth-order valence-corrected chi connectivity index (χ4v) is 1.99. The third-order valence-electron chi connectivity index (χ3n) is 3.11. The van der Waals surface area contributed by atoms with E-state index in [1.807, 2.05) is 12.1 Å². The van der Waals surface area contributed by atoms with Crippen LogP contribution in [0.1, 0.15) is 12.0 Å². The van der Waals surface area contributed by atoms with Gasteiger partial charge < -0.3 is 28.9 Å². The van der Waals surface area contributed by atoms with Crippen LogP contribution < -0.4 is 28.5 Å². The quantitative estimate of drug-likeness (QED) is 0.522. The van der Waals surface area contributed by atoms with Crippen molar-refractivity contribution in [3.63, 3.8) is 0 Å². The van der Waals surface area contributed by atoms with Crippen LogP contribution in [0, 0.1) is 0 Å². The Morgan fingerprint density at radius 1 is 1.00 bits per heavy atom. The van der Waals surface area contributed by atoms with Crippen LogP contribution in [-0.2, 0) is 6.54 Å². The van der Waals surface area contributed by atoms with Gasteiger partial charge in [0.05, 0.1) is 0 Å². The van der Waals surface area contributed by atoms with Gasteiger partial charge in [0.2, 0.25) is 0 Å². The van der Waals surface area contributed by atoms with Gasteiger partial charge in [-0.2, -0.15) is 0 Å². The van der Waals surface area contributed by atoms with Gasteiger partial charge in [-0.15, -0.1) is 0 Å². The molecule has 3 heteroatoms. The average Bonchev–Trinajstić information content (AvgIpc) is 2.45. The standard InChI is InChI=1S/C17H21N2.HI/c1-18(2)17(15-16-9-5-3-6-10-16)11-14-19-12-7-4-8-13-19;/h3-10,12-13,15H,11,14H2,1-2H3;1H/q+1;/p-1. The molecule has 1 aromatic heterocycles. The summed E-state index contributed by atoms with van der Waals surface area (Å²) in [6.45, 7) is 0.998. The van der Waals surface area contributed by atoms with Crippen LogP contribution in [0.4, 0.5) is 0 Å². The van der Waals surface area contributed by atoms with Crippen molar-refractivity contribution in [1.82, 2.24) is 4.90 Å². The normalized spacial score (nSPS) is 10.8. The molecule has 0 N–H and O–H groups in total. The summed E-state index contributed by atoms with van der Waals surface area (Å²) in [6.07, 6.45) is 7.49. The number of aromatic nitrogens is 1. The highest BCUT2D eigenvalue weighted by molar-refractivity contribution is 5.51. The van der Waals surface area contributed by atoms with Gasteiger partial charge in [0.25, 0.3) is 0 Å². The first-order valence-electron chi connectivity index (χ1n) is 6.63. The van der Waals surface area contributed by atoms with E-state index in [0.717, 1.165) is 13.0 Å². The molecule has 0 saturated heterocycles. The van der Waals surface area contributed by atoms with Crippen molar-refractivity contribution in [2.45, 2.75) is 13.0 Å². The van der Waals surface area contributed by atoms with Crippen molar-refractivity contribution < 1.29 is 28.5 Å². The van der Waals surface area contributed by atoms with Crippen LogP contribution >= 0.6 is 0 Å². The van der Waals surface area contributed by atoms with Crippen molar-refractivity contribution in [3.05, 3.63) is 72.2 Å². The van der Waals surface area contributed by atoms with E-state index in [1.165, 1.54) is 11.3 Å². The molecule has 0 unspecified atom stereocenters. The Morgan fingerprint density at radius 3 is 2.20 bits per heavy atom. The largest absolute Gasteiger partial charge is 1.00 e. The maximum absolute atomic E-state index is 2.25. The first-order valence-corrected chi connectivity index (χ1v) is 6.63. The SMILES string of the molecule is CN(C)C(=Cc1ccccc1)CC[n+]1ccccc1.[I-]. The molecule has 2 aromatic rings. The van der Waals surface area contributed by atoms with Crippen LogP contribution in [-0.4, -0.2) is 19.0 Å². The fourth-order valence-electron chi connectivity index (χ4n) is 1.99. The van der Waals surface area contributed by atoms with Crippen LogP contribution in [0.3, 0.4) is 0 Å². The zero-order valence-electron chi connectivity index (χ0n) is 12.0. The van der Waals surface area contributed by atoms with Crippen LogP contribution in [0.25, 0.3) is 6.08 Å². The predicted molar refractivity (Wildman–Crippen MR) is 79.4 cm³/mol. The lowest BCUT2D eigenvalue weighted by Gasteiger charge is -2.16. The lowest BCUT2D eigenvalue weighted by molar-refractivity contribution is -0.696. The van der Waals surface area contributed by atoms with Crippen molar-refractivity contribution in [1.29, 1.82) is 0 Å². The molecule has 0 aliphatic carbocycles. The van der Waals surface area contributed by atoms with Gasteiger partial charge in [-0.1, -0.05) is 36.4 Å². The Hall–Kier alpha value is -1.36. The number of halogens is 1. The number of rotatable bonds is 5. The van der Waals surface area contributed by atoms with Crippen LogP contribution in [0.5, 0.6) is 0 Å². The lowest BCUT2D eigenvalue weighted by atomic mass is 10.1. The molecule has 106 valence electrons. The van der Waals surface area contributed by atoms with E-state index in [2.05, 4.69) is 78.4 Å². The van der Waals surface area contributed by atoms with Gasteiger partial charge in [0, 0.05) is 38.3 Å². The van der Waals surface area contributed by atoms with E-state index in [0.29, 0.717) is 0 Å². The first-order chi connectivity index (χ1) is 9.25. The summed E-state index contributed by atoms with van der Waals surface area (Å²) in [6, 6.07) is 16.6. The highest BCUT2D eigenvalue weighted by Gasteiger charge is 2.05. The second-order valence-corrected chi connectivity index (χ2v) is 4.80. The van der Waals surface area contributed by atoms with E-state index in [1.54, 1.807) is 0 Å². The molecule has 2 nitrogen and oxygen atoms in total. The Balaban J connectivity index is 0.00000200. The second kappa shape index (κ2) is 8.74. The first kappa shape index (κ1) is 16.7. The molecule has 0 aliphatic heterocycles. The van der Waals surface area contributed by atoms with E-state index in [-0.39, 0.29) is 24.0 Å². The molecular weight excluding hydrogens is 359 g/mol. The maximum atomic E-state index is 2.25. The number of benzene rings is 1. The summed E-state index contributed by atoms with van der Waals surface area (Å²) in [5, 5.41) is 0. The van der Waals surface area contributed by atoms with Crippen LogP contribution in [0.2, 0.25) is 0 Å². The monoisotopic (exact) mass is 380 g/mol. The predicted octanol–water partition coefficient (Wildman–Crippen LogP) is -0.0291. The molecule has 0 amide bonds. The Kier molecular flexibility index (Phi) is 7.30. The van der Waals surface area contributed by atoms with E-state index >= 15 is 0 Å². The molecule has 0 fully saturated rings. The van der Waals surface area contributed by atoms with E-state index < -0.39 is 0 Å². The summed E-state index contributed by atoms with van der Waals surface area (Å²) in [4.78, 5) is 2.19. The van der Waals surface area contributed by atoms with Gasteiger partial charge in [-0.05, 0) is 11.6 Å². The van der Waals surface area contributed by atoms with Crippen molar-refractivity contribution in [2.75, 3.05) is 14.1 Å². The number of nitrogens with zero attached hydrogens (tertiary/aromatic N) is 2. The Labute approximate surface area is 138 Å². The molecule has 20 heavy (non-hydrogen) atoms. The van der Waals surface area contributed by atoms with E-state index in [4.69, 9.17) is 0 Å². The number of pyridine rings is 1. The minimum atomic E-state index is 0. The van der Waals surface area contributed by atoms with Crippen molar-refractivity contribution in [3.8, 4) is 0 Å². The molecule has 1 aromatic carbocycles. The van der Waals surface area contributed by atoms with Crippen LogP contribution in [0.15, 0.2) is 66.6 Å². The van der Waals surface area contributed by atoms with Gasteiger partial charge in [0.15, 0.2) is 18.9 Å². The summed E-state index contributed by atoms with van der Waals surface area (Å²) in [5.74, 6) is 0. The molecule has 0 spiro atoms. The van der Waals surface area contributed by atoms with E-state index in [9.17, 15) is 0 Å². The molecule has 0 aliphatic rings. The zero-order valence-corrected chi connectivity index (χ0v) is 14.2. The second-order valence-electron chi connectivity index (χ2n) is 4.80. The summed E-state index contributed by atoms with van der Waals surface area (Å²) in [7, 11) is 4.20. The lowest BCUT2D eigenvalue weighted by Crippen LogP contribution is -3.00. The topological polar surface area (TPSA) is 7.12 Å². The van der Waals surface area contributed by atoms with Crippen molar-refractivity contribution >= 4 is 6.08 Å². The minimum Gasteiger partial charge on any atom is -1.00 e. The minimum absolute atomic E-state index is 0. The molecule has 0 saturated carbocycles. The molecule has 1 heterocycles. The van der Waals surface area contributed by atoms with Gasteiger partial charge >= 0.3 is 0 Å². The number of aryl methyl sites for hydroxylation is 1. The molecule has 0 bridgehead atoms. The smallest absolute Gasteiger partial charge is 0.168 e. The number of allylic oxidation sites excluding steroid dienone is 1. The van der Waals surface area contributed by atoms with Gasteiger partial charge in [-0.25, -0.2) is 4.57 Å². The zero-order chi connectivity index (χ0) is 13.5. The number of hydrogen-bond donors (Lipinski definition) is 0. The fraction of sp³-hybridized carbons (Fsp3) is 0.235. The maximum Gasteiger partial charge on any atom is 0.168 e. The van der Waals surface area contributed by atoms with Gasteiger partial charge in [-0.3, -0.25) is 0 Å². The Bertz CT molecular complexity index is 521. The Morgan fingerprint density at radius 2 is 1.60 bits per heavy atom. The summed E-state index contributed by atoms with van der Waals surface area (Å²) in [5.41, 5.74) is 2.59.